The van der Waals surface area contributed by atoms with Gasteiger partial charge in [0.1, 0.15) is 18.1 Å². The molecule has 1 aromatic carbocycles. The molecule has 5 nitrogen and oxygen atoms in total. The summed E-state index contributed by atoms with van der Waals surface area (Å²) >= 11 is 3.39. The summed E-state index contributed by atoms with van der Waals surface area (Å²) in [7, 11) is 0. The maximum atomic E-state index is 11.9. The number of Topliss-reactive ketones (excluding diaryl/α,β-unsaturated/α-hetero) is 1. The Kier molecular flexibility index (Phi) is 13.7. The van der Waals surface area contributed by atoms with Crippen LogP contribution in [-0.4, -0.2) is 36.2 Å². The SMILES string of the molecule is CCOC(=O)CCCCCCC(CCCC(O)COc1cccc(Br)c1)C(C)=O. The number of hydrogen-bond acceptors (Lipinski definition) is 5. The van der Waals surface area contributed by atoms with Crippen LogP contribution < -0.4 is 4.74 Å². The lowest BCUT2D eigenvalue weighted by molar-refractivity contribution is -0.143. The molecule has 0 amide bonds. The maximum absolute atomic E-state index is 11.9. The van der Waals surface area contributed by atoms with Gasteiger partial charge in [0.25, 0.3) is 0 Å². The second-order valence-corrected chi connectivity index (χ2v) is 8.33. The molecule has 0 saturated heterocycles. The largest absolute Gasteiger partial charge is 0.491 e. The van der Waals surface area contributed by atoms with E-state index in [0.717, 1.165) is 55.2 Å². The lowest BCUT2D eigenvalue weighted by atomic mass is 9.91. The maximum Gasteiger partial charge on any atom is 0.305 e. The smallest absolute Gasteiger partial charge is 0.305 e. The predicted octanol–water partition coefficient (Wildman–Crippen LogP) is 5.47. The zero-order valence-electron chi connectivity index (χ0n) is 17.7. The van der Waals surface area contributed by atoms with Crippen molar-refractivity contribution >= 4 is 27.7 Å². The van der Waals surface area contributed by atoms with Crippen LogP contribution in [0.15, 0.2) is 28.7 Å². The number of rotatable bonds is 16. The van der Waals surface area contributed by atoms with Crippen molar-refractivity contribution in [3.05, 3.63) is 28.7 Å². The van der Waals surface area contributed by atoms with Gasteiger partial charge in [0.2, 0.25) is 0 Å². The average Bonchev–Trinajstić information content (AvgIpc) is 2.67. The summed E-state index contributed by atoms with van der Waals surface area (Å²) in [4.78, 5) is 23.2. The molecule has 1 N–H and O–H groups in total. The van der Waals surface area contributed by atoms with Crippen LogP contribution in [0.4, 0.5) is 0 Å². The van der Waals surface area contributed by atoms with Gasteiger partial charge in [-0.05, 0) is 57.7 Å². The molecule has 2 atom stereocenters. The molecule has 164 valence electrons. The molecule has 2 unspecified atom stereocenters. The normalized spacial score (nSPS) is 13.0. The first-order chi connectivity index (χ1) is 13.9. The second-order valence-electron chi connectivity index (χ2n) is 7.42. The number of esters is 1. The van der Waals surface area contributed by atoms with E-state index in [4.69, 9.17) is 9.47 Å². The predicted molar refractivity (Wildman–Crippen MR) is 118 cm³/mol. The van der Waals surface area contributed by atoms with E-state index in [1.54, 1.807) is 6.92 Å². The van der Waals surface area contributed by atoms with E-state index in [0.29, 0.717) is 19.4 Å². The topological polar surface area (TPSA) is 72.8 Å². The van der Waals surface area contributed by atoms with Crippen LogP contribution in [0.5, 0.6) is 5.75 Å². The first-order valence-corrected chi connectivity index (χ1v) is 11.4. The van der Waals surface area contributed by atoms with Gasteiger partial charge in [-0.15, -0.1) is 0 Å². The average molecular weight is 471 g/mol. The monoisotopic (exact) mass is 470 g/mol. The van der Waals surface area contributed by atoms with Crippen LogP contribution in [0.2, 0.25) is 0 Å². The van der Waals surface area contributed by atoms with Crippen molar-refractivity contribution in [2.24, 2.45) is 5.92 Å². The van der Waals surface area contributed by atoms with Crippen LogP contribution in [0.1, 0.15) is 71.6 Å². The molecule has 0 aliphatic rings. The molecule has 0 aromatic heterocycles. The van der Waals surface area contributed by atoms with Crippen LogP contribution in [0, 0.1) is 5.92 Å². The van der Waals surface area contributed by atoms with E-state index in [9.17, 15) is 14.7 Å². The van der Waals surface area contributed by atoms with E-state index in [2.05, 4.69) is 15.9 Å². The second kappa shape index (κ2) is 15.4. The zero-order valence-corrected chi connectivity index (χ0v) is 19.3. The Bertz CT molecular complexity index is 605. The first-order valence-electron chi connectivity index (χ1n) is 10.6. The number of aliphatic hydroxyl groups excluding tert-OH is 1. The summed E-state index contributed by atoms with van der Waals surface area (Å²) in [6.07, 6.45) is 6.86. The van der Waals surface area contributed by atoms with E-state index in [1.807, 2.05) is 31.2 Å². The van der Waals surface area contributed by atoms with Gasteiger partial charge in [0, 0.05) is 16.8 Å². The highest BCUT2D eigenvalue weighted by Gasteiger charge is 2.15. The number of carbonyl (C=O) groups is 2. The van der Waals surface area contributed by atoms with Crippen molar-refractivity contribution in [2.75, 3.05) is 13.2 Å². The Balaban J connectivity index is 2.15. The highest BCUT2D eigenvalue weighted by atomic mass is 79.9. The molecule has 0 aliphatic heterocycles. The number of hydrogen-bond donors (Lipinski definition) is 1. The Morgan fingerprint density at radius 2 is 1.79 bits per heavy atom. The molecule has 0 bridgehead atoms. The molecule has 0 fully saturated rings. The lowest BCUT2D eigenvalue weighted by Gasteiger charge is -2.16. The molecule has 0 saturated carbocycles. The number of aliphatic hydroxyl groups is 1. The van der Waals surface area contributed by atoms with Crippen LogP contribution in [0.3, 0.4) is 0 Å². The molecule has 6 heteroatoms. The van der Waals surface area contributed by atoms with Gasteiger partial charge in [-0.2, -0.15) is 0 Å². The van der Waals surface area contributed by atoms with E-state index < -0.39 is 6.10 Å². The van der Waals surface area contributed by atoms with Crippen molar-refractivity contribution in [2.45, 2.75) is 77.7 Å². The Hall–Kier alpha value is -1.40. The van der Waals surface area contributed by atoms with Gasteiger partial charge in [-0.1, -0.05) is 47.7 Å². The summed E-state index contributed by atoms with van der Waals surface area (Å²) in [5.74, 6) is 0.870. The van der Waals surface area contributed by atoms with E-state index >= 15 is 0 Å². The van der Waals surface area contributed by atoms with Crippen molar-refractivity contribution in [3.63, 3.8) is 0 Å². The molecule has 0 heterocycles. The summed E-state index contributed by atoms with van der Waals surface area (Å²) in [5, 5.41) is 10.1. The number of unbranched alkanes of at least 4 members (excludes halogenated alkanes) is 3. The van der Waals surface area contributed by atoms with Gasteiger partial charge < -0.3 is 14.6 Å². The molecule has 0 aliphatic carbocycles. The Labute approximate surface area is 183 Å². The highest BCUT2D eigenvalue weighted by molar-refractivity contribution is 9.10. The highest BCUT2D eigenvalue weighted by Crippen LogP contribution is 2.21. The fourth-order valence-electron chi connectivity index (χ4n) is 3.23. The molecular formula is C23H35BrO5. The fourth-order valence-corrected chi connectivity index (χ4v) is 3.61. The Morgan fingerprint density at radius 1 is 1.07 bits per heavy atom. The van der Waals surface area contributed by atoms with Gasteiger partial charge in [-0.25, -0.2) is 0 Å². The number of ether oxygens (including phenoxy) is 2. The minimum atomic E-state index is -0.538. The van der Waals surface area contributed by atoms with E-state index in [-0.39, 0.29) is 24.3 Å². The number of halogens is 1. The molecule has 1 aromatic rings. The lowest BCUT2D eigenvalue weighted by Crippen LogP contribution is -2.18. The standard InChI is InChI=1S/C23H35BrO5/c1-3-28-23(27)15-7-5-4-6-10-19(18(2)25)11-8-13-21(26)17-29-22-14-9-12-20(24)16-22/h9,12,14,16,19,21,26H,3-8,10-11,13,15,17H2,1-2H3. The van der Waals surface area contributed by atoms with Crippen molar-refractivity contribution in [3.8, 4) is 5.75 Å². The summed E-state index contributed by atoms with van der Waals surface area (Å²) in [5.41, 5.74) is 0. The molecule has 29 heavy (non-hydrogen) atoms. The summed E-state index contributed by atoms with van der Waals surface area (Å²) < 4.78 is 11.5. The van der Waals surface area contributed by atoms with Gasteiger partial charge in [-0.3, -0.25) is 9.59 Å². The van der Waals surface area contributed by atoms with Crippen LogP contribution >= 0.6 is 15.9 Å². The van der Waals surface area contributed by atoms with Gasteiger partial charge in [0.15, 0.2) is 0 Å². The van der Waals surface area contributed by atoms with Crippen molar-refractivity contribution < 1.29 is 24.2 Å². The third-order valence-electron chi connectivity index (χ3n) is 4.89. The van der Waals surface area contributed by atoms with Crippen molar-refractivity contribution in [1.29, 1.82) is 0 Å². The minimum Gasteiger partial charge on any atom is -0.491 e. The first kappa shape index (κ1) is 25.6. The third kappa shape index (κ3) is 12.7. The van der Waals surface area contributed by atoms with E-state index in [1.165, 1.54) is 0 Å². The van der Waals surface area contributed by atoms with Gasteiger partial charge >= 0.3 is 5.97 Å². The summed E-state index contributed by atoms with van der Waals surface area (Å²) in [6, 6.07) is 7.53. The molecule has 0 radical (unpaired) electrons. The Morgan fingerprint density at radius 3 is 2.48 bits per heavy atom. The minimum absolute atomic E-state index is 0.0539. The molecule has 0 spiro atoms. The van der Waals surface area contributed by atoms with Gasteiger partial charge in [0.05, 0.1) is 12.7 Å². The third-order valence-corrected chi connectivity index (χ3v) is 5.39. The van der Waals surface area contributed by atoms with Crippen molar-refractivity contribution in [1.82, 2.24) is 0 Å². The summed E-state index contributed by atoms with van der Waals surface area (Å²) in [6.45, 7) is 4.15. The quantitative estimate of drug-likeness (QED) is 0.256. The number of ketones is 1. The fraction of sp³-hybridized carbons (Fsp3) is 0.652. The molecular weight excluding hydrogens is 436 g/mol. The number of benzene rings is 1. The van der Waals surface area contributed by atoms with Crippen LogP contribution in [-0.2, 0) is 14.3 Å². The number of carbonyl (C=O) groups excluding carboxylic acids is 2. The zero-order chi connectivity index (χ0) is 21.5. The molecule has 1 rings (SSSR count). The van der Waals surface area contributed by atoms with Crippen LogP contribution in [0.25, 0.3) is 0 Å².